The normalized spacial score (nSPS) is 16.1. The molecule has 0 radical (unpaired) electrons. The first-order valence-electron chi connectivity index (χ1n) is 6.60. The van der Waals surface area contributed by atoms with E-state index in [0.29, 0.717) is 29.1 Å². The Morgan fingerprint density at radius 3 is 2.90 bits per heavy atom. The number of nitrogen functional groups attached to an aromatic ring is 1. The smallest absolute Gasteiger partial charge is 0.264 e. The highest BCUT2D eigenvalue weighted by Gasteiger charge is 2.35. The zero-order valence-corrected chi connectivity index (χ0v) is 11.3. The van der Waals surface area contributed by atoms with Gasteiger partial charge in [0.05, 0.1) is 5.69 Å². The lowest BCUT2D eigenvalue weighted by atomic mass is 10.2. The van der Waals surface area contributed by atoms with Crippen molar-refractivity contribution in [2.45, 2.75) is 25.6 Å². The number of benzene rings is 1. The van der Waals surface area contributed by atoms with Gasteiger partial charge < -0.3 is 19.7 Å². The second kappa shape index (κ2) is 5.50. The van der Waals surface area contributed by atoms with Crippen LogP contribution in [0.4, 0.5) is 5.69 Å². The van der Waals surface area contributed by atoms with Crippen molar-refractivity contribution in [1.82, 2.24) is 10.1 Å². The van der Waals surface area contributed by atoms with Crippen LogP contribution in [0, 0.1) is 5.92 Å². The molecule has 3 rings (SSSR count). The third-order valence-corrected chi connectivity index (χ3v) is 3.31. The fraction of sp³-hybridized carbons (Fsp3) is 0.429. The molecular formula is C14H17N3O3. The Morgan fingerprint density at radius 1 is 1.40 bits per heavy atom. The van der Waals surface area contributed by atoms with Gasteiger partial charge in [-0.15, -0.1) is 0 Å². The van der Waals surface area contributed by atoms with E-state index in [4.69, 9.17) is 19.7 Å². The molecule has 1 aromatic carbocycles. The first-order chi connectivity index (χ1) is 9.78. The van der Waals surface area contributed by atoms with Gasteiger partial charge >= 0.3 is 0 Å². The number of rotatable bonds is 6. The standard InChI is InChI=1S/C14H17N3O3/c1-18-13(9-6-7-9)14-16-12(20-17-14)8-19-11-5-3-2-4-10(11)15/h2-5,9,13H,6-8,15H2,1H3. The summed E-state index contributed by atoms with van der Waals surface area (Å²) in [4.78, 5) is 4.32. The molecule has 6 heteroatoms. The van der Waals surface area contributed by atoms with E-state index in [1.165, 1.54) is 0 Å². The van der Waals surface area contributed by atoms with Gasteiger partial charge in [0.2, 0.25) is 5.82 Å². The molecule has 1 saturated carbocycles. The van der Waals surface area contributed by atoms with E-state index in [9.17, 15) is 0 Å². The minimum absolute atomic E-state index is 0.0747. The van der Waals surface area contributed by atoms with Gasteiger partial charge in [0.15, 0.2) is 6.61 Å². The highest BCUT2D eigenvalue weighted by atomic mass is 16.5. The Balaban J connectivity index is 1.64. The third kappa shape index (κ3) is 2.75. The van der Waals surface area contributed by atoms with Gasteiger partial charge in [-0.05, 0) is 30.9 Å². The van der Waals surface area contributed by atoms with E-state index >= 15 is 0 Å². The Morgan fingerprint density at radius 2 is 2.20 bits per heavy atom. The van der Waals surface area contributed by atoms with Crippen LogP contribution in [0.25, 0.3) is 0 Å². The molecule has 0 saturated heterocycles. The van der Waals surface area contributed by atoms with Crippen molar-refractivity contribution in [2.24, 2.45) is 5.92 Å². The number of anilines is 1. The topological polar surface area (TPSA) is 83.4 Å². The molecule has 2 N–H and O–H groups in total. The molecule has 106 valence electrons. The number of nitrogens with zero attached hydrogens (tertiary/aromatic N) is 2. The maximum Gasteiger partial charge on any atom is 0.264 e. The molecule has 20 heavy (non-hydrogen) atoms. The van der Waals surface area contributed by atoms with E-state index in [-0.39, 0.29) is 12.7 Å². The molecule has 0 spiro atoms. The van der Waals surface area contributed by atoms with Gasteiger partial charge in [0.25, 0.3) is 5.89 Å². The van der Waals surface area contributed by atoms with Crippen molar-refractivity contribution >= 4 is 5.69 Å². The quantitative estimate of drug-likeness (QED) is 0.814. The SMILES string of the molecule is COC(c1noc(COc2ccccc2N)n1)C1CC1. The van der Waals surface area contributed by atoms with Crippen LogP contribution in [0.3, 0.4) is 0 Å². The number of ether oxygens (including phenoxy) is 2. The molecule has 1 unspecified atom stereocenters. The fourth-order valence-electron chi connectivity index (χ4n) is 2.10. The van der Waals surface area contributed by atoms with E-state index in [0.717, 1.165) is 12.8 Å². The van der Waals surface area contributed by atoms with Crippen molar-refractivity contribution in [3.8, 4) is 5.75 Å². The minimum atomic E-state index is -0.0747. The number of hydrogen-bond donors (Lipinski definition) is 1. The molecule has 1 heterocycles. The lowest BCUT2D eigenvalue weighted by Crippen LogP contribution is -2.06. The second-order valence-corrected chi connectivity index (χ2v) is 4.87. The molecule has 0 amide bonds. The van der Waals surface area contributed by atoms with Crippen molar-refractivity contribution in [1.29, 1.82) is 0 Å². The van der Waals surface area contributed by atoms with E-state index in [2.05, 4.69) is 10.1 Å². The molecule has 1 aliphatic rings. The van der Waals surface area contributed by atoms with Crippen LogP contribution in [0.5, 0.6) is 5.75 Å². The Hall–Kier alpha value is -2.08. The Kier molecular flexibility index (Phi) is 3.56. The minimum Gasteiger partial charge on any atom is -0.482 e. The monoisotopic (exact) mass is 275 g/mol. The summed E-state index contributed by atoms with van der Waals surface area (Å²) in [5.74, 6) is 2.13. The molecule has 1 aromatic heterocycles. The van der Waals surface area contributed by atoms with Gasteiger partial charge in [-0.25, -0.2) is 0 Å². The predicted molar refractivity (Wildman–Crippen MR) is 72.0 cm³/mol. The van der Waals surface area contributed by atoms with Crippen LogP contribution in [0.15, 0.2) is 28.8 Å². The molecule has 0 aliphatic heterocycles. The van der Waals surface area contributed by atoms with Crippen LogP contribution in [0.1, 0.15) is 30.7 Å². The largest absolute Gasteiger partial charge is 0.482 e. The summed E-state index contributed by atoms with van der Waals surface area (Å²) in [6.07, 6.45) is 2.23. The lowest BCUT2D eigenvalue weighted by Gasteiger charge is -2.08. The Bertz CT molecular complexity index is 581. The van der Waals surface area contributed by atoms with Crippen molar-refractivity contribution in [3.63, 3.8) is 0 Å². The number of nitrogens with two attached hydrogens (primary N) is 1. The third-order valence-electron chi connectivity index (χ3n) is 3.31. The van der Waals surface area contributed by atoms with Crippen molar-refractivity contribution in [3.05, 3.63) is 36.0 Å². The molecular weight excluding hydrogens is 258 g/mol. The highest BCUT2D eigenvalue weighted by molar-refractivity contribution is 5.51. The summed E-state index contributed by atoms with van der Waals surface area (Å²) in [6, 6.07) is 7.29. The lowest BCUT2D eigenvalue weighted by molar-refractivity contribution is 0.0751. The zero-order valence-electron chi connectivity index (χ0n) is 11.3. The average molecular weight is 275 g/mol. The summed E-state index contributed by atoms with van der Waals surface area (Å²) in [5.41, 5.74) is 6.38. The summed E-state index contributed by atoms with van der Waals surface area (Å²) < 4.78 is 16.2. The molecule has 1 aliphatic carbocycles. The van der Waals surface area contributed by atoms with Crippen LogP contribution in [0.2, 0.25) is 0 Å². The van der Waals surface area contributed by atoms with Gasteiger partial charge in [0.1, 0.15) is 11.9 Å². The van der Waals surface area contributed by atoms with E-state index in [1.54, 1.807) is 19.2 Å². The van der Waals surface area contributed by atoms with Crippen molar-refractivity contribution in [2.75, 3.05) is 12.8 Å². The fourth-order valence-corrected chi connectivity index (χ4v) is 2.10. The summed E-state index contributed by atoms with van der Waals surface area (Å²) in [6.45, 7) is 0.197. The summed E-state index contributed by atoms with van der Waals surface area (Å²) in [7, 11) is 1.67. The second-order valence-electron chi connectivity index (χ2n) is 4.87. The van der Waals surface area contributed by atoms with Gasteiger partial charge in [-0.3, -0.25) is 0 Å². The predicted octanol–water partition coefficient (Wildman–Crippen LogP) is 2.33. The number of aromatic nitrogens is 2. The molecule has 2 aromatic rings. The van der Waals surface area contributed by atoms with Crippen molar-refractivity contribution < 1.29 is 14.0 Å². The average Bonchev–Trinajstić information content (AvgIpc) is 3.18. The van der Waals surface area contributed by atoms with Gasteiger partial charge in [0, 0.05) is 7.11 Å². The maximum absolute atomic E-state index is 5.80. The Labute approximate surface area is 116 Å². The first-order valence-corrected chi connectivity index (χ1v) is 6.60. The molecule has 6 nitrogen and oxygen atoms in total. The van der Waals surface area contributed by atoms with Crippen LogP contribution >= 0.6 is 0 Å². The first kappa shape index (κ1) is 12.9. The summed E-state index contributed by atoms with van der Waals surface area (Å²) in [5, 5.41) is 3.96. The highest BCUT2D eigenvalue weighted by Crippen LogP contribution is 2.41. The van der Waals surface area contributed by atoms with Crippen LogP contribution in [-0.4, -0.2) is 17.3 Å². The summed E-state index contributed by atoms with van der Waals surface area (Å²) >= 11 is 0. The van der Waals surface area contributed by atoms with Crippen LogP contribution < -0.4 is 10.5 Å². The van der Waals surface area contributed by atoms with Crippen LogP contribution in [-0.2, 0) is 11.3 Å². The maximum atomic E-state index is 5.80. The molecule has 1 atom stereocenters. The zero-order chi connectivity index (χ0) is 13.9. The van der Waals surface area contributed by atoms with Gasteiger partial charge in [-0.2, -0.15) is 4.98 Å². The molecule has 0 bridgehead atoms. The van der Waals surface area contributed by atoms with E-state index in [1.807, 2.05) is 12.1 Å². The number of methoxy groups -OCH3 is 1. The van der Waals surface area contributed by atoms with E-state index < -0.39 is 0 Å². The number of hydrogen-bond acceptors (Lipinski definition) is 6. The van der Waals surface area contributed by atoms with Gasteiger partial charge in [-0.1, -0.05) is 17.3 Å². The molecule has 1 fully saturated rings. The number of para-hydroxylation sites is 2.